The maximum Gasteiger partial charge on any atom is 0.351 e. The normalized spacial score (nSPS) is 11.9. The monoisotopic (exact) mass is 407 g/mol. The Morgan fingerprint density at radius 2 is 1.83 bits per heavy atom. The summed E-state index contributed by atoms with van der Waals surface area (Å²) in [4.78, 5) is 34.7. The molecule has 4 aromatic rings. The molecule has 0 amide bonds. The van der Waals surface area contributed by atoms with E-state index in [1.54, 1.807) is 24.3 Å². The number of ether oxygens (including phenoxy) is 1. The van der Waals surface area contributed by atoms with Gasteiger partial charge < -0.3 is 13.6 Å². The summed E-state index contributed by atoms with van der Waals surface area (Å²) >= 11 is 0. The van der Waals surface area contributed by atoms with E-state index in [9.17, 15) is 19.7 Å². The summed E-state index contributed by atoms with van der Waals surface area (Å²) in [6, 6.07) is 13.7. The van der Waals surface area contributed by atoms with E-state index in [0.717, 1.165) is 0 Å². The van der Waals surface area contributed by atoms with Crippen LogP contribution >= 0.6 is 0 Å². The molecule has 0 fully saturated rings. The number of fused-ring (bicyclic) bond motifs is 1. The van der Waals surface area contributed by atoms with Gasteiger partial charge >= 0.3 is 11.6 Å². The van der Waals surface area contributed by atoms with E-state index in [4.69, 9.17) is 13.6 Å². The van der Waals surface area contributed by atoms with Crippen LogP contribution in [0.3, 0.4) is 0 Å². The first-order valence-electron chi connectivity index (χ1n) is 8.74. The highest BCUT2D eigenvalue weighted by Gasteiger charge is 2.23. The molecule has 2 aromatic heterocycles. The molecular weight excluding hydrogens is 394 g/mol. The third kappa shape index (κ3) is 3.65. The second-order valence-electron chi connectivity index (χ2n) is 6.28. The van der Waals surface area contributed by atoms with Crippen LogP contribution < -0.4 is 5.63 Å². The molecule has 2 heterocycles. The van der Waals surface area contributed by atoms with E-state index in [1.807, 2.05) is 0 Å². The third-order valence-electron chi connectivity index (χ3n) is 4.26. The lowest BCUT2D eigenvalue weighted by atomic mass is 10.2. The molecule has 0 bridgehead atoms. The Bertz CT molecular complexity index is 1310. The fraction of sp³-hybridized carbons (Fsp3) is 0.100. The topological polar surface area (TPSA) is 139 Å². The molecule has 0 aliphatic rings. The van der Waals surface area contributed by atoms with Crippen LogP contribution in [0.25, 0.3) is 22.4 Å². The molecule has 150 valence electrons. The zero-order valence-electron chi connectivity index (χ0n) is 15.5. The minimum absolute atomic E-state index is 0.00174. The number of nitro groups is 1. The van der Waals surface area contributed by atoms with Gasteiger partial charge in [0.1, 0.15) is 11.1 Å². The van der Waals surface area contributed by atoms with E-state index < -0.39 is 22.6 Å². The Morgan fingerprint density at radius 3 is 2.57 bits per heavy atom. The molecule has 4 rings (SSSR count). The summed E-state index contributed by atoms with van der Waals surface area (Å²) in [5.74, 6) is -0.785. The predicted molar refractivity (Wildman–Crippen MR) is 103 cm³/mol. The number of nitro benzene ring substituents is 1. The van der Waals surface area contributed by atoms with Crippen molar-refractivity contribution in [3.05, 3.63) is 86.6 Å². The Balaban J connectivity index is 1.52. The number of hydrogen-bond donors (Lipinski definition) is 0. The van der Waals surface area contributed by atoms with E-state index >= 15 is 0 Å². The highest BCUT2D eigenvalue weighted by molar-refractivity contribution is 5.92. The summed E-state index contributed by atoms with van der Waals surface area (Å²) in [6.07, 6.45) is -0.942. The molecule has 0 saturated heterocycles. The van der Waals surface area contributed by atoms with Gasteiger partial charge in [0.25, 0.3) is 11.6 Å². The smallest absolute Gasteiger partial charge is 0.351 e. The van der Waals surface area contributed by atoms with Gasteiger partial charge in [0.2, 0.25) is 5.89 Å². The molecule has 2 aromatic carbocycles. The van der Waals surface area contributed by atoms with Crippen LogP contribution in [-0.2, 0) is 4.74 Å². The summed E-state index contributed by atoms with van der Waals surface area (Å²) < 4.78 is 15.9. The van der Waals surface area contributed by atoms with Crippen molar-refractivity contribution >= 4 is 22.6 Å². The SMILES string of the molecule is C[C@H](OC(=O)c1cc2ccccc2oc1=O)c1nnc(-c2ccc([N+](=O)[O-])cc2)o1. The van der Waals surface area contributed by atoms with Gasteiger partial charge in [-0.15, -0.1) is 10.2 Å². The fourth-order valence-corrected chi connectivity index (χ4v) is 2.72. The molecule has 1 atom stereocenters. The number of non-ortho nitro benzene ring substituents is 1. The number of para-hydroxylation sites is 1. The van der Waals surface area contributed by atoms with Gasteiger partial charge in [-0.05, 0) is 31.2 Å². The maximum atomic E-state index is 12.4. The van der Waals surface area contributed by atoms with Gasteiger partial charge in [-0.1, -0.05) is 18.2 Å². The number of carbonyl (C=O) groups excluding carboxylic acids is 1. The van der Waals surface area contributed by atoms with Crippen LogP contribution in [0.4, 0.5) is 5.69 Å². The lowest BCUT2D eigenvalue weighted by Crippen LogP contribution is -2.18. The van der Waals surface area contributed by atoms with Gasteiger partial charge in [0, 0.05) is 23.1 Å². The first-order valence-corrected chi connectivity index (χ1v) is 8.74. The quantitative estimate of drug-likeness (QED) is 0.210. The van der Waals surface area contributed by atoms with E-state index in [0.29, 0.717) is 16.5 Å². The van der Waals surface area contributed by atoms with Crippen molar-refractivity contribution in [3.63, 3.8) is 0 Å². The first-order chi connectivity index (χ1) is 14.4. The molecule has 0 radical (unpaired) electrons. The van der Waals surface area contributed by atoms with Crippen LogP contribution in [0.2, 0.25) is 0 Å². The molecule has 0 N–H and O–H groups in total. The molecule has 30 heavy (non-hydrogen) atoms. The predicted octanol–water partition coefficient (Wildman–Crippen LogP) is 3.67. The molecule has 10 heteroatoms. The third-order valence-corrected chi connectivity index (χ3v) is 4.26. The van der Waals surface area contributed by atoms with Crippen molar-refractivity contribution in [2.75, 3.05) is 0 Å². The Hall–Kier alpha value is -4.34. The summed E-state index contributed by atoms with van der Waals surface area (Å²) in [5, 5.41) is 19.0. The zero-order valence-corrected chi connectivity index (χ0v) is 15.5. The van der Waals surface area contributed by atoms with E-state index in [1.165, 1.54) is 37.3 Å². The van der Waals surface area contributed by atoms with Gasteiger partial charge in [-0.3, -0.25) is 10.1 Å². The van der Waals surface area contributed by atoms with Crippen molar-refractivity contribution in [2.24, 2.45) is 0 Å². The van der Waals surface area contributed by atoms with Crippen molar-refractivity contribution < 1.29 is 23.3 Å². The average molecular weight is 407 g/mol. The van der Waals surface area contributed by atoms with E-state index in [-0.39, 0.29) is 23.0 Å². The van der Waals surface area contributed by atoms with Crippen molar-refractivity contribution in [1.82, 2.24) is 10.2 Å². The van der Waals surface area contributed by atoms with Gasteiger partial charge in [-0.2, -0.15) is 0 Å². The first kappa shape index (κ1) is 19.0. The van der Waals surface area contributed by atoms with Crippen molar-refractivity contribution in [1.29, 1.82) is 0 Å². The Labute approximate surface area is 167 Å². The molecule has 10 nitrogen and oxygen atoms in total. The van der Waals surface area contributed by atoms with Gasteiger partial charge in [-0.25, -0.2) is 9.59 Å². The number of aromatic nitrogens is 2. The van der Waals surface area contributed by atoms with Gasteiger partial charge in [0.05, 0.1) is 4.92 Å². The number of nitrogens with zero attached hydrogens (tertiary/aromatic N) is 3. The van der Waals surface area contributed by atoms with Crippen LogP contribution in [-0.4, -0.2) is 21.1 Å². The Kier molecular flexibility index (Phi) is 4.80. The molecule has 0 unspecified atom stereocenters. The average Bonchev–Trinajstić information content (AvgIpc) is 3.23. The van der Waals surface area contributed by atoms with E-state index in [2.05, 4.69) is 10.2 Å². The van der Waals surface area contributed by atoms with Crippen LogP contribution in [0.1, 0.15) is 29.3 Å². The minimum atomic E-state index is -0.942. The second-order valence-corrected chi connectivity index (χ2v) is 6.28. The highest BCUT2D eigenvalue weighted by Crippen LogP contribution is 2.25. The summed E-state index contributed by atoms with van der Waals surface area (Å²) in [6.45, 7) is 1.51. The molecular formula is C20H13N3O7. The molecule has 0 spiro atoms. The Morgan fingerprint density at radius 1 is 1.10 bits per heavy atom. The lowest BCUT2D eigenvalue weighted by molar-refractivity contribution is -0.384. The van der Waals surface area contributed by atoms with Crippen LogP contribution in [0, 0.1) is 10.1 Å². The highest BCUT2D eigenvalue weighted by atomic mass is 16.6. The molecule has 0 aliphatic heterocycles. The molecule has 0 aliphatic carbocycles. The summed E-state index contributed by atoms with van der Waals surface area (Å²) in [5.41, 5.74) is -0.321. The largest absolute Gasteiger partial charge is 0.449 e. The minimum Gasteiger partial charge on any atom is -0.449 e. The van der Waals surface area contributed by atoms with Crippen molar-refractivity contribution in [3.8, 4) is 11.5 Å². The van der Waals surface area contributed by atoms with Crippen LogP contribution in [0.5, 0.6) is 0 Å². The molecule has 0 saturated carbocycles. The van der Waals surface area contributed by atoms with Crippen molar-refractivity contribution in [2.45, 2.75) is 13.0 Å². The maximum absolute atomic E-state index is 12.4. The second kappa shape index (κ2) is 7.59. The number of carbonyl (C=O) groups is 1. The number of benzene rings is 2. The lowest BCUT2D eigenvalue weighted by Gasteiger charge is -2.09. The van der Waals surface area contributed by atoms with Gasteiger partial charge in [0.15, 0.2) is 6.10 Å². The fourth-order valence-electron chi connectivity index (χ4n) is 2.72. The summed E-state index contributed by atoms with van der Waals surface area (Å²) in [7, 11) is 0. The standard InChI is InChI=1S/C20H13N3O7/c1-11(17-21-22-18(30-17)12-6-8-14(9-7-12)23(26)27)28-19(24)15-10-13-4-2-3-5-16(13)29-20(15)25/h2-11H,1H3/t11-/m0/s1. The van der Waals surface area contributed by atoms with Crippen LogP contribution in [0.15, 0.2) is 68.2 Å². The number of esters is 1. The number of hydrogen-bond acceptors (Lipinski definition) is 9. The number of rotatable bonds is 5. The zero-order chi connectivity index (χ0) is 21.3.